The van der Waals surface area contributed by atoms with E-state index < -0.39 is 0 Å². The molecular formula is C10H13F. The van der Waals surface area contributed by atoms with Gasteiger partial charge >= 0.3 is 0 Å². The Balaban J connectivity index is 1.64. The number of fused-ring (bicyclic) bond motifs is 7. The topological polar surface area (TPSA) is 0 Å². The van der Waals surface area contributed by atoms with Gasteiger partial charge in [-0.3, -0.25) is 0 Å². The van der Waals surface area contributed by atoms with Crippen LogP contribution in [0, 0.1) is 35.5 Å². The van der Waals surface area contributed by atoms with E-state index in [-0.39, 0.29) is 6.17 Å². The summed E-state index contributed by atoms with van der Waals surface area (Å²) in [7, 11) is 0. The molecule has 4 rings (SSSR count). The molecule has 1 heteroatoms. The fourth-order valence-electron chi connectivity index (χ4n) is 4.52. The van der Waals surface area contributed by atoms with Gasteiger partial charge in [0.1, 0.15) is 6.17 Å². The molecule has 0 aromatic rings. The first-order valence-corrected chi connectivity index (χ1v) is 5.02. The van der Waals surface area contributed by atoms with Crippen molar-refractivity contribution in [2.45, 2.75) is 25.4 Å². The normalized spacial score (nSPS) is 75.5. The summed E-state index contributed by atoms with van der Waals surface area (Å²) in [6.45, 7) is 0. The van der Waals surface area contributed by atoms with Crippen LogP contribution in [0.1, 0.15) is 19.3 Å². The van der Waals surface area contributed by atoms with E-state index in [2.05, 4.69) is 0 Å². The average Bonchev–Trinajstić information content (AvgIpc) is 1.92. The fraction of sp³-hybridized carbons (Fsp3) is 1.00. The first kappa shape index (κ1) is 5.55. The Bertz CT molecular complexity index is 219. The molecule has 0 saturated heterocycles. The van der Waals surface area contributed by atoms with Gasteiger partial charge in [-0.25, -0.2) is 4.39 Å². The second-order valence-electron chi connectivity index (χ2n) is 5.05. The van der Waals surface area contributed by atoms with Gasteiger partial charge in [0.05, 0.1) is 0 Å². The molecule has 7 unspecified atom stereocenters. The number of hydrogen-bond donors (Lipinski definition) is 0. The van der Waals surface area contributed by atoms with Crippen molar-refractivity contribution in [3.63, 3.8) is 0 Å². The maximum Gasteiger partial charge on any atom is 0.104 e. The summed E-state index contributed by atoms with van der Waals surface area (Å²) in [5.41, 5.74) is 0. The Morgan fingerprint density at radius 3 is 2.18 bits per heavy atom. The lowest BCUT2D eigenvalue weighted by Gasteiger charge is -2.77. The zero-order chi connectivity index (χ0) is 7.16. The predicted octanol–water partition coefficient (Wildman–Crippen LogP) is 2.25. The molecule has 4 saturated carbocycles. The number of rotatable bonds is 0. The van der Waals surface area contributed by atoms with E-state index in [4.69, 9.17) is 0 Å². The van der Waals surface area contributed by atoms with Crippen molar-refractivity contribution in [2.75, 3.05) is 0 Å². The molecule has 0 heterocycles. The van der Waals surface area contributed by atoms with Gasteiger partial charge in [-0.15, -0.1) is 0 Å². The second-order valence-corrected chi connectivity index (χ2v) is 5.05. The first-order valence-electron chi connectivity index (χ1n) is 5.02. The van der Waals surface area contributed by atoms with Crippen LogP contribution >= 0.6 is 0 Å². The molecule has 0 aromatic heterocycles. The number of hydrogen-bond acceptors (Lipinski definition) is 0. The van der Waals surface area contributed by atoms with Crippen molar-refractivity contribution in [2.24, 2.45) is 35.5 Å². The summed E-state index contributed by atoms with van der Waals surface area (Å²) < 4.78 is 13.0. The third-order valence-electron chi connectivity index (χ3n) is 5.16. The SMILES string of the molecule is FC1CC2C1C1C3CCC3C21. The minimum absolute atomic E-state index is 0.386. The molecule has 4 aliphatic carbocycles. The zero-order valence-corrected chi connectivity index (χ0v) is 6.54. The maximum absolute atomic E-state index is 13.0. The van der Waals surface area contributed by atoms with Gasteiger partial charge in [-0.05, 0) is 54.8 Å². The van der Waals surface area contributed by atoms with E-state index in [0.717, 1.165) is 36.0 Å². The Morgan fingerprint density at radius 2 is 1.55 bits per heavy atom. The summed E-state index contributed by atoms with van der Waals surface area (Å²) in [5, 5.41) is 0. The smallest absolute Gasteiger partial charge is 0.104 e. The first-order chi connectivity index (χ1) is 5.38. The van der Waals surface area contributed by atoms with Crippen molar-refractivity contribution in [3.05, 3.63) is 0 Å². The molecule has 7 atom stereocenters. The third-order valence-corrected chi connectivity index (χ3v) is 5.16. The third kappa shape index (κ3) is 0.373. The second kappa shape index (κ2) is 1.38. The Morgan fingerprint density at radius 1 is 0.818 bits per heavy atom. The number of halogens is 1. The molecule has 0 spiro atoms. The highest BCUT2D eigenvalue weighted by Crippen LogP contribution is 2.77. The van der Waals surface area contributed by atoms with E-state index >= 15 is 0 Å². The van der Waals surface area contributed by atoms with Crippen LogP contribution in [-0.4, -0.2) is 6.17 Å². The van der Waals surface area contributed by atoms with Gasteiger partial charge in [0.15, 0.2) is 0 Å². The maximum atomic E-state index is 13.0. The molecule has 4 aliphatic rings. The Labute approximate surface area is 66.2 Å². The summed E-state index contributed by atoms with van der Waals surface area (Å²) in [4.78, 5) is 0. The summed E-state index contributed by atoms with van der Waals surface area (Å²) in [6.07, 6.45) is 3.45. The quantitative estimate of drug-likeness (QED) is 0.499. The highest BCUT2D eigenvalue weighted by atomic mass is 19.1. The molecule has 0 bridgehead atoms. The van der Waals surface area contributed by atoms with Crippen molar-refractivity contribution < 1.29 is 4.39 Å². The van der Waals surface area contributed by atoms with Crippen LogP contribution in [-0.2, 0) is 0 Å². The molecule has 0 nitrogen and oxygen atoms in total. The standard InChI is InChI=1S/C10H13F/c11-7-3-6-8-4-1-2-5(4)10(8)9(6)7/h4-10H,1-3H2. The van der Waals surface area contributed by atoms with Gasteiger partial charge in [-0.1, -0.05) is 0 Å². The lowest BCUT2D eigenvalue weighted by atomic mass is 9.28. The monoisotopic (exact) mass is 152 g/mol. The van der Waals surface area contributed by atoms with E-state index in [1.807, 2.05) is 0 Å². The van der Waals surface area contributed by atoms with Crippen molar-refractivity contribution in [1.29, 1.82) is 0 Å². The van der Waals surface area contributed by atoms with E-state index in [1.165, 1.54) is 12.8 Å². The van der Waals surface area contributed by atoms with Crippen molar-refractivity contribution >= 4 is 0 Å². The largest absolute Gasteiger partial charge is 0.247 e. The summed E-state index contributed by atoms with van der Waals surface area (Å²) >= 11 is 0. The van der Waals surface area contributed by atoms with Crippen LogP contribution in [0.3, 0.4) is 0 Å². The van der Waals surface area contributed by atoms with Gasteiger partial charge in [0, 0.05) is 0 Å². The van der Waals surface area contributed by atoms with Crippen LogP contribution < -0.4 is 0 Å². The number of alkyl halides is 1. The van der Waals surface area contributed by atoms with Crippen molar-refractivity contribution in [3.8, 4) is 0 Å². The lowest BCUT2D eigenvalue weighted by molar-refractivity contribution is -0.310. The zero-order valence-electron chi connectivity index (χ0n) is 6.54. The molecule has 0 radical (unpaired) electrons. The van der Waals surface area contributed by atoms with Crippen LogP contribution in [0.15, 0.2) is 0 Å². The van der Waals surface area contributed by atoms with Crippen LogP contribution in [0.2, 0.25) is 0 Å². The Kier molecular flexibility index (Phi) is 0.698. The van der Waals surface area contributed by atoms with E-state index in [0.29, 0.717) is 5.92 Å². The highest BCUT2D eigenvalue weighted by molar-refractivity contribution is 5.21. The summed E-state index contributed by atoms with van der Waals surface area (Å²) in [5.74, 6) is 5.39. The fourth-order valence-corrected chi connectivity index (χ4v) is 4.52. The average molecular weight is 152 g/mol. The highest BCUT2D eigenvalue weighted by Gasteiger charge is 2.74. The van der Waals surface area contributed by atoms with E-state index in [1.54, 1.807) is 0 Å². The lowest BCUT2D eigenvalue weighted by Crippen LogP contribution is -2.74. The van der Waals surface area contributed by atoms with Gasteiger partial charge < -0.3 is 0 Å². The Hall–Kier alpha value is -0.0700. The van der Waals surface area contributed by atoms with Gasteiger partial charge in [0.2, 0.25) is 0 Å². The van der Waals surface area contributed by atoms with E-state index in [9.17, 15) is 4.39 Å². The molecule has 60 valence electrons. The molecule has 0 N–H and O–H groups in total. The van der Waals surface area contributed by atoms with Gasteiger partial charge in [-0.2, -0.15) is 0 Å². The minimum atomic E-state index is -0.386. The summed E-state index contributed by atoms with van der Waals surface area (Å²) in [6, 6.07) is 0. The molecule has 4 fully saturated rings. The predicted molar refractivity (Wildman–Crippen MR) is 39.7 cm³/mol. The van der Waals surface area contributed by atoms with Crippen LogP contribution in [0.4, 0.5) is 4.39 Å². The minimum Gasteiger partial charge on any atom is -0.247 e. The molecule has 0 aromatic carbocycles. The van der Waals surface area contributed by atoms with Crippen molar-refractivity contribution in [1.82, 2.24) is 0 Å². The molecular weight excluding hydrogens is 139 g/mol. The molecule has 11 heavy (non-hydrogen) atoms. The molecule has 0 amide bonds. The van der Waals surface area contributed by atoms with Crippen LogP contribution in [0.25, 0.3) is 0 Å². The molecule has 0 aliphatic heterocycles. The van der Waals surface area contributed by atoms with Gasteiger partial charge in [0.25, 0.3) is 0 Å². The van der Waals surface area contributed by atoms with Crippen LogP contribution in [0.5, 0.6) is 0 Å².